The van der Waals surface area contributed by atoms with Crippen LogP contribution in [0.5, 0.6) is 23.0 Å². The molecular formula is C32H32N2O4. The van der Waals surface area contributed by atoms with Gasteiger partial charge in [0.25, 0.3) is 0 Å². The molecule has 0 heterocycles. The van der Waals surface area contributed by atoms with E-state index in [1.54, 1.807) is 28.4 Å². The van der Waals surface area contributed by atoms with Gasteiger partial charge in [-0.1, -0.05) is 60.7 Å². The van der Waals surface area contributed by atoms with Crippen molar-refractivity contribution in [2.75, 3.05) is 28.4 Å². The Kier molecular flexibility index (Phi) is 9.13. The Balaban J connectivity index is 1.82. The number of hydrogen-bond acceptors (Lipinski definition) is 6. The molecule has 0 saturated carbocycles. The first-order valence-electron chi connectivity index (χ1n) is 12.3. The van der Waals surface area contributed by atoms with Crippen molar-refractivity contribution in [3.8, 4) is 23.0 Å². The monoisotopic (exact) mass is 508 g/mol. The van der Waals surface area contributed by atoms with Crippen molar-refractivity contribution in [3.63, 3.8) is 0 Å². The van der Waals surface area contributed by atoms with E-state index in [4.69, 9.17) is 29.2 Å². The minimum Gasteiger partial charge on any atom is -0.493 e. The summed E-state index contributed by atoms with van der Waals surface area (Å²) < 4.78 is 22.0. The number of methoxy groups -OCH3 is 4. The van der Waals surface area contributed by atoms with E-state index in [0.29, 0.717) is 35.8 Å². The van der Waals surface area contributed by atoms with Gasteiger partial charge in [-0.3, -0.25) is 0 Å². The lowest BCUT2D eigenvalue weighted by Crippen LogP contribution is -2.09. The van der Waals surface area contributed by atoms with Crippen molar-refractivity contribution >= 4 is 11.4 Å². The van der Waals surface area contributed by atoms with Crippen LogP contribution in [0.3, 0.4) is 0 Å². The van der Waals surface area contributed by atoms with Crippen LogP contribution in [0.4, 0.5) is 0 Å². The first kappa shape index (κ1) is 26.5. The molecule has 0 radical (unpaired) electrons. The van der Waals surface area contributed by atoms with E-state index >= 15 is 0 Å². The van der Waals surface area contributed by atoms with Crippen molar-refractivity contribution in [2.24, 2.45) is 10.2 Å². The zero-order chi connectivity index (χ0) is 26.7. The van der Waals surface area contributed by atoms with E-state index < -0.39 is 0 Å². The highest BCUT2D eigenvalue weighted by molar-refractivity contribution is 6.05. The third-order valence-corrected chi connectivity index (χ3v) is 6.15. The molecule has 0 aliphatic rings. The lowest BCUT2D eigenvalue weighted by Gasteiger charge is -2.13. The highest BCUT2D eigenvalue weighted by Crippen LogP contribution is 2.30. The highest BCUT2D eigenvalue weighted by Gasteiger charge is 2.13. The zero-order valence-electron chi connectivity index (χ0n) is 22.2. The summed E-state index contributed by atoms with van der Waals surface area (Å²) in [6.45, 7) is 0. The molecular weight excluding hydrogens is 476 g/mol. The van der Waals surface area contributed by atoms with Gasteiger partial charge in [0.1, 0.15) is 0 Å². The first-order valence-corrected chi connectivity index (χ1v) is 12.3. The number of nitrogens with zero attached hydrogens (tertiary/aromatic N) is 2. The first-order chi connectivity index (χ1) is 18.6. The SMILES string of the molecule is COc1ccc(/C(Cc2ccccc2)=N\N=C(/Cc2ccccc2)c2ccc(OC)c(OC)c2)cc1OC. The Labute approximate surface area is 224 Å². The molecule has 0 saturated heterocycles. The average Bonchev–Trinajstić information content (AvgIpc) is 2.98. The molecule has 6 nitrogen and oxygen atoms in total. The fourth-order valence-corrected chi connectivity index (χ4v) is 4.12. The molecule has 0 spiro atoms. The fraction of sp³-hybridized carbons (Fsp3) is 0.188. The van der Waals surface area contributed by atoms with Gasteiger partial charge in [0.15, 0.2) is 23.0 Å². The molecule has 194 valence electrons. The number of ether oxygens (including phenoxy) is 4. The van der Waals surface area contributed by atoms with Crippen molar-refractivity contribution in [1.29, 1.82) is 0 Å². The highest BCUT2D eigenvalue weighted by atomic mass is 16.5. The maximum Gasteiger partial charge on any atom is 0.161 e. The van der Waals surface area contributed by atoms with Gasteiger partial charge in [-0.05, 0) is 47.5 Å². The largest absolute Gasteiger partial charge is 0.493 e. The van der Waals surface area contributed by atoms with Gasteiger partial charge >= 0.3 is 0 Å². The summed E-state index contributed by atoms with van der Waals surface area (Å²) in [6, 6.07) is 32.0. The van der Waals surface area contributed by atoms with Gasteiger partial charge in [-0.2, -0.15) is 10.2 Å². The predicted molar refractivity (Wildman–Crippen MR) is 152 cm³/mol. The Morgan fingerprint density at radius 2 is 0.842 bits per heavy atom. The fourth-order valence-electron chi connectivity index (χ4n) is 4.12. The standard InChI is InChI=1S/C32H32N2O4/c1-35-29-17-15-25(21-31(29)37-3)27(19-23-11-7-5-8-12-23)33-34-28(20-24-13-9-6-10-14-24)26-16-18-30(36-2)32(22-26)38-4/h5-18,21-22H,19-20H2,1-4H3/b33-27-,34-28+. The number of benzene rings is 4. The van der Waals surface area contributed by atoms with Gasteiger partial charge in [-0.15, -0.1) is 0 Å². The quantitative estimate of drug-likeness (QED) is 0.174. The Morgan fingerprint density at radius 1 is 0.474 bits per heavy atom. The normalized spacial score (nSPS) is 11.7. The Hall–Kier alpha value is -4.58. The maximum absolute atomic E-state index is 5.56. The van der Waals surface area contributed by atoms with Crippen molar-refractivity contribution in [1.82, 2.24) is 0 Å². The van der Waals surface area contributed by atoms with E-state index in [0.717, 1.165) is 33.7 Å². The Bertz CT molecular complexity index is 1290. The van der Waals surface area contributed by atoms with Crippen molar-refractivity contribution in [3.05, 3.63) is 119 Å². The molecule has 4 rings (SSSR count). The van der Waals surface area contributed by atoms with Crippen LogP contribution in [0.15, 0.2) is 107 Å². The third-order valence-electron chi connectivity index (χ3n) is 6.15. The lowest BCUT2D eigenvalue weighted by molar-refractivity contribution is 0.355. The van der Waals surface area contributed by atoms with Crippen molar-refractivity contribution < 1.29 is 18.9 Å². The van der Waals surface area contributed by atoms with Crippen LogP contribution in [0.25, 0.3) is 0 Å². The second-order valence-electron chi connectivity index (χ2n) is 8.56. The van der Waals surface area contributed by atoms with Gasteiger partial charge in [0.2, 0.25) is 0 Å². The van der Waals surface area contributed by atoms with Gasteiger partial charge in [0, 0.05) is 24.0 Å². The molecule has 38 heavy (non-hydrogen) atoms. The number of rotatable bonds is 11. The van der Waals surface area contributed by atoms with Crippen molar-refractivity contribution in [2.45, 2.75) is 12.8 Å². The molecule has 4 aromatic rings. The molecule has 0 aromatic heterocycles. The molecule has 0 fully saturated rings. The van der Waals surface area contributed by atoms with E-state index in [1.807, 2.05) is 72.8 Å². The predicted octanol–water partition coefficient (Wildman–Crippen LogP) is 6.40. The van der Waals surface area contributed by atoms with E-state index in [9.17, 15) is 0 Å². The smallest absolute Gasteiger partial charge is 0.161 e. The Morgan fingerprint density at radius 3 is 1.18 bits per heavy atom. The topological polar surface area (TPSA) is 61.6 Å². The minimum atomic E-state index is 0.602. The molecule has 0 unspecified atom stereocenters. The third kappa shape index (κ3) is 6.59. The summed E-state index contributed by atoms with van der Waals surface area (Å²) in [5.41, 5.74) is 5.69. The summed E-state index contributed by atoms with van der Waals surface area (Å²) >= 11 is 0. The molecule has 6 heteroatoms. The zero-order valence-corrected chi connectivity index (χ0v) is 22.2. The number of hydrogen-bond donors (Lipinski definition) is 0. The van der Waals surface area contributed by atoms with Gasteiger partial charge in [-0.25, -0.2) is 0 Å². The molecule has 0 bridgehead atoms. The van der Waals surface area contributed by atoms with E-state index in [2.05, 4.69) is 24.3 Å². The average molecular weight is 509 g/mol. The van der Waals surface area contributed by atoms with Crippen LogP contribution in [-0.4, -0.2) is 39.9 Å². The van der Waals surface area contributed by atoms with Gasteiger partial charge in [0.05, 0.1) is 39.9 Å². The van der Waals surface area contributed by atoms with E-state index in [1.165, 1.54) is 0 Å². The second-order valence-corrected chi connectivity index (χ2v) is 8.56. The summed E-state index contributed by atoms with van der Waals surface area (Å²) in [6.07, 6.45) is 1.20. The van der Waals surface area contributed by atoms with Crippen LogP contribution in [0.1, 0.15) is 22.3 Å². The summed E-state index contributed by atoms with van der Waals surface area (Å²) in [4.78, 5) is 0. The summed E-state index contributed by atoms with van der Waals surface area (Å²) in [5, 5.41) is 9.65. The van der Waals surface area contributed by atoms with Gasteiger partial charge < -0.3 is 18.9 Å². The maximum atomic E-state index is 5.56. The van der Waals surface area contributed by atoms with Crippen LogP contribution < -0.4 is 18.9 Å². The van der Waals surface area contributed by atoms with Crippen LogP contribution in [0, 0.1) is 0 Å². The van der Waals surface area contributed by atoms with E-state index in [-0.39, 0.29) is 0 Å². The molecule has 4 aromatic carbocycles. The molecule has 0 aliphatic heterocycles. The lowest BCUT2D eigenvalue weighted by atomic mass is 10.0. The summed E-state index contributed by atoms with van der Waals surface area (Å²) in [7, 11) is 6.51. The molecule has 0 atom stereocenters. The molecule has 0 amide bonds. The molecule has 0 N–H and O–H groups in total. The summed E-state index contributed by atoms with van der Waals surface area (Å²) in [5.74, 6) is 2.60. The van der Waals surface area contributed by atoms with Crippen LogP contribution in [0.2, 0.25) is 0 Å². The van der Waals surface area contributed by atoms with Crippen LogP contribution >= 0.6 is 0 Å². The second kappa shape index (κ2) is 13.1. The van der Waals surface area contributed by atoms with Crippen LogP contribution in [-0.2, 0) is 12.8 Å². The minimum absolute atomic E-state index is 0.602. The molecule has 0 aliphatic carbocycles.